The Kier molecular flexibility index (Phi) is 8.39. The smallest absolute Gasteiger partial charge is 0.356 e. The number of non-ortho nitro benzene ring substituents is 1. The molecule has 2 aromatic rings. The summed E-state index contributed by atoms with van der Waals surface area (Å²) in [4.78, 5) is 59.7. The van der Waals surface area contributed by atoms with E-state index >= 15 is 0 Å². The van der Waals surface area contributed by atoms with Gasteiger partial charge in [0.25, 0.3) is 17.5 Å². The van der Waals surface area contributed by atoms with Gasteiger partial charge in [0.05, 0.1) is 4.92 Å². The second-order valence-electron chi connectivity index (χ2n) is 7.30. The third kappa shape index (κ3) is 6.55. The molecular formula is C22H21N3O9S. The number of β-lactam (4-membered cyclic amide) rings is 1. The molecule has 0 spiro atoms. The highest BCUT2D eigenvalue weighted by Gasteiger charge is 2.54. The third-order valence-electron chi connectivity index (χ3n) is 4.80. The van der Waals surface area contributed by atoms with Gasteiger partial charge in [-0.1, -0.05) is 30.0 Å². The highest BCUT2D eigenvalue weighted by atomic mass is 32.2. The van der Waals surface area contributed by atoms with Gasteiger partial charge in [-0.15, -0.1) is 0 Å². The average molecular weight is 503 g/mol. The summed E-state index contributed by atoms with van der Waals surface area (Å²) in [7, 11) is 0. The van der Waals surface area contributed by atoms with Gasteiger partial charge in [-0.25, -0.2) is 4.79 Å². The average Bonchev–Trinajstić information content (AvgIpc) is 2.84. The number of hydrogen-bond donors (Lipinski definition) is 2. The number of nitro benzene ring substituents is 1. The Morgan fingerprint density at radius 2 is 1.83 bits per heavy atom. The molecule has 1 aliphatic heterocycles. The molecule has 0 aliphatic carbocycles. The summed E-state index contributed by atoms with van der Waals surface area (Å²) in [6, 6.07) is 12.6. The lowest BCUT2D eigenvalue weighted by atomic mass is 10.1. The van der Waals surface area contributed by atoms with Crippen molar-refractivity contribution in [3.05, 3.63) is 70.3 Å². The van der Waals surface area contributed by atoms with Gasteiger partial charge in [-0.2, -0.15) is 0 Å². The number of aliphatic hydroxyl groups is 1. The van der Waals surface area contributed by atoms with Crippen LogP contribution in [0.5, 0.6) is 5.75 Å². The summed E-state index contributed by atoms with van der Waals surface area (Å²) in [5, 5.41) is 22.1. The molecule has 2 aromatic carbocycles. The molecule has 184 valence electrons. The quantitative estimate of drug-likeness (QED) is 0.206. The zero-order valence-electron chi connectivity index (χ0n) is 18.4. The highest BCUT2D eigenvalue weighted by Crippen LogP contribution is 2.32. The number of esters is 1. The molecule has 0 aromatic heterocycles. The van der Waals surface area contributed by atoms with Crippen LogP contribution >= 0.6 is 11.8 Å². The number of nitrogens with zero attached hydrogens (tertiary/aromatic N) is 2. The number of nitrogens with one attached hydrogen (secondary N) is 1. The summed E-state index contributed by atoms with van der Waals surface area (Å²) in [6.07, 6.45) is -2.02. The Morgan fingerprint density at radius 1 is 1.17 bits per heavy atom. The number of carbonyl (C=O) groups is 4. The molecule has 0 bridgehead atoms. The third-order valence-corrected chi connectivity index (χ3v) is 5.87. The highest BCUT2D eigenvalue weighted by molar-refractivity contribution is 8.14. The molecule has 0 saturated carbocycles. The molecule has 35 heavy (non-hydrogen) atoms. The van der Waals surface area contributed by atoms with Crippen molar-refractivity contribution in [2.45, 2.75) is 31.2 Å². The van der Waals surface area contributed by atoms with Crippen LogP contribution in [0, 0.1) is 10.1 Å². The van der Waals surface area contributed by atoms with E-state index in [4.69, 9.17) is 9.47 Å². The van der Waals surface area contributed by atoms with Crippen molar-refractivity contribution in [2.75, 3.05) is 6.61 Å². The predicted octanol–water partition coefficient (Wildman–Crippen LogP) is 0.968. The lowest BCUT2D eigenvalue weighted by molar-refractivity contribution is -0.384. The first-order chi connectivity index (χ1) is 16.7. The first-order valence-electron chi connectivity index (χ1n) is 10.2. The fourth-order valence-electron chi connectivity index (χ4n) is 3.11. The van der Waals surface area contributed by atoms with E-state index in [1.54, 1.807) is 30.3 Å². The number of amides is 2. The molecular weight excluding hydrogens is 482 g/mol. The zero-order valence-corrected chi connectivity index (χ0v) is 19.2. The van der Waals surface area contributed by atoms with Crippen molar-refractivity contribution < 1.29 is 38.7 Å². The normalized spacial score (nSPS) is 17.7. The predicted molar refractivity (Wildman–Crippen MR) is 122 cm³/mol. The number of thioether (sulfide) groups is 1. The van der Waals surface area contributed by atoms with Crippen molar-refractivity contribution in [3.63, 3.8) is 0 Å². The Bertz CT molecular complexity index is 1110. The molecule has 1 saturated heterocycles. The molecule has 3 atom stereocenters. The Morgan fingerprint density at radius 3 is 2.43 bits per heavy atom. The van der Waals surface area contributed by atoms with E-state index in [1.165, 1.54) is 31.2 Å². The molecule has 2 N–H and O–H groups in total. The fraction of sp³-hybridized carbons (Fsp3) is 0.273. The maximum atomic E-state index is 12.6. The van der Waals surface area contributed by atoms with Crippen LogP contribution in [0.15, 0.2) is 54.6 Å². The molecule has 1 fully saturated rings. The summed E-state index contributed by atoms with van der Waals surface area (Å²) >= 11 is 0.661. The van der Waals surface area contributed by atoms with Gasteiger partial charge in [-0.3, -0.25) is 29.4 Å². The Hall–Kier alpha value is -3.97. The zero-order chi connectivity index (χ0) is 25.5. The van der Waals surface area contributed by atoms with Gasteiger partial charge in [0.2, 0.25) is 6.23 Å². The van der Waals surface area contributed by atoms with Crippen LogP contribution in [0.1, 0.15) is 12.5 Å². The fourth-order valence-corrected chi connectivity index (χ4v) is 4.10. The van der Waals surface area contributed by atoms with Crippen LogP contribution in [-0.2, 0) is 30.5 Å². The van der Waals surface area contributed by atoms with E-state index < -0.39 is 45.5 Å². The lowest BCUT2D eigenvalue weighted by Gasteiger charge is -2.47. The summed E-state index contributed by atoms with van der Waals surface area (Å²) in [5.74, 6) is -2.12. The van der Waals surface area contributed by atoms with E-state index in [2.05, 4.69) is 5.32 Å². The van der Waals surface area contributed by atoms with Crippen molar-refractivity contribution in [3.8, 4) is 5.75 Å². The SMILES string of the molecule is CC(=O)S[C@@H]1[C@H](NC(=O)COc2ccccc2)C(=O)N1C(O)C(=O)OCc1ccc([N+](=O)[O-])cc1. The number of likely N-dealkylation sites (tertiary alicyclic amines) is 1. The van der Waals surface area contributed by atoms with Crippen molar-refractivity contribution >= 4 is 40.3 Å². The first kappa shape index (κ1) is 25.6. The van der Waals surface area contributed by atoms with Crippen molar-refractivity contribution in [2.24, 2.45) is 0 Å². The number of para-hydroxylation sites is 1. The van der Waals surface area contributed by atoms with Gasteiger partial charge < -0.3 is 19.9 Å². The van der Waals surface area contributed by atoms with Crippen LogP contribution in [0.3, 0.4) is 0 Å². The molecule has 1 unspecified atom stereocenters. The summed E-state index contributed by atoms with van der Waals surface area (Å²) in [5.41, 5.74) is 0.280. The Balaban J connectivity index is 1.57. The monoisotopic (exact) mass is 503 g/mol. The number of benzene rings is 2. The number of nitro groups is 1. The number of aliphatic hydroxyl groups excluding tert-OH is 1. The number of ether oxygens (including phenoxy) is 2. The van der Waals surface area contributed by atoms with E-state index in [0.717, 1.165) is 4.90 Å². The topological polar surface area (TPSA) is 165 Å². The number of carbonyl (C=O) groups excluding carboxylic acids is 4. The van der Waals surface area contributed by atoms with E-state index in [1.807, 2.05) is 0 Å². The number of rotatable bonds is 10. The second-order valence-corrected chi connectivity index (χ2v) is 8.59. The van der Waals surface area contributed by atoms with Crippen LogP contribution in [0.25, 0.3) is 0 Å². The Labute approximate surface area is 203 Å². The van der Waals surface area contributed by atoms with Gasteiger partial charge in [-0.05, 0) is 29.8 Å². The second kappa shape index (κ2) is 11.4. The molecule has 0 radical (unpaired) electrons. The van der Waals surface area contributed by atoms with Gasteiger partial charge in [0.1, 0.15) is 23.8 Å². The van der Waals surface area contributed by atoms with E-state index in [0.29, 0.717) is 23.1 Å². The van der Waals surface area contributed by atoms with Crippen LogP contribution in [0.2, 0.25) is 0 Å². The maximum Gasteiger partial charge on any atom is 0.356 e. The van der Waals surface area contributed by atoms with Crippen LogP contribution in [0.4, 0.5) is 5.69 Å². The summed E-state index contributed by atoms with van der Waals surface area (Å²) in [6.45, 7) is 0.546. The van der Waals surface area contributed by atoms with Crippen molar-refractivity contribution in [1.82, 2.24) is 10.2 Å². The molecule has 13 heteroatoms. The minimum absolute atomic E-state index is 0.141. The first-order valence-corrected chi connectivity index (χ1v) is 11.1. The van der Waals surface area contributed by atoms with Gasteiger partial charge in [0.15, 0.2) is 11.7 Å². The molecule has 3 rings (SSSR count). The lowest BCUT2D eigenvalue weighted by Crippen LogP contribution is -2.73. The largest absolute Gasteiger partial charge is 0.484 e. The molecule has 12 nitrogen and oxygen atoms in total. The number of hydrogen-bond acceptors (Lipinski definition) is 10. The minimum Gasteiger partial charge on any atom is -0.484 e. The van der Waals surface area contributed by atoms with Crippen LogP contribution < -0.4 is 10.1 Å². The van der Waals surface area contributed by atoms with E-state index in [9.17, 15) is 34.4 Å². The molecule has 1 heterocycles. The maximum absolute atomic E-state index is 12.6. The van der Waals surface area contributed by atoms with Gasteiger partial charge >= 0.3 is 5.97 Å². The molecule has 1 aliphatic rings. The minimum atomic E-state index is -2.02. The molecule has 2 amide bonds. The summed E-state index contributed by atoms with van der Waals surface area (Å²) < 4.78 is 10.3. The standard InChI is InChI=1S/C22H21N3O9S/c1-13(26)35-21-18(23-17(27)12-33-16-5-3-2-4-6-16)19(28)24(21)20(29)22(30)34-11-14-7-9-15(10-8-14)25(31)32/h2-10,18,20-21,29H,11-12H2,1H3,(H,23,27)/t18-,20?,21-/m1/s1. The van der Waals surface area contributed by atoms with Crippen molar-refractivity contribution in [1.29, 1.82) is 0 Å². The van der Waals surface area contributed by atoms with Gasteiger partial charge in [0, 0.05) is 19.1 Å². The van der Waals surface area contributed by atoms with E-state index in [-0.39, 0.29) is 18.9 Å². The van der Waals surface area contributed by atoms with Crippen LogP contribution in [-0.4, -0.2) is 62.1 Å².